The van der Waals surface area contributed by atoms with Crippen molar-refractivity contribution >= 4 is 23.3 Å². The van der Waals surface area contributed by atoms with Crippen LogP contribution in [0.4, 0.5) is 0 Å². The zero-order chi connectivity index (χ0) is 14.8. The topological polar surface area (TPSA) is 66.6 Å². The number of aromatic nitrogens is 2. The zero-order valence-electron chi connectivity index (χ0n) is 11.9. The first-order valence-corrected chi connectivity index (χ1v) is 7.77. The van der Waals surface area contributed by atoms with Crippen LogP contribution in [0.1, 0.15) is 23.1 Å². The maximum absolute atomic E-state index is 12.3. The lowest BCUT2D eigenvalue weighted by molar-refractivity contribution is 0.0721. The number of fused-ring (bicyclic) bond motifs is 1. The number of amides is 1. The fourth-order valence-corrected chi connectivity index (χ4v) is 2.83. The Labute approximate surface area is 122 Å². The summed E-state index contributed by atoms with van der Waals surface area (Å²) in [5, 5.41) is 12.9. The lowest BCUT2D eigenvalue weighted by Gasteiger charge is -2.22. The normalized spacial score (nSPS) is 14.2. The highest BCUT2D eigenvalue weighted by molar-refractivity contribution is 7.98. The van der Waals surface area contributed by atoms with Crippen molar-refractivity contribution < 1.29 is 9.90 Å². The van der Waals surface area contributed by atoms with Gasteiger partial charge in [-0.3, -0.25) is 9.20 Å². The van der Waals surface area contributed by atoms with E-state index < -0.39 is 5.60 Å². The molecule has 2 heterocycles. The van der Waals surface area contributed by atoms with Crippen LogP contribution in [0.5, 0.6) is 0 Å². The molecule has 2 aromatic rings. The van der Waals surface area contributed by atoms with Crippen molar-refractivity contribution in [1.82, 2.24) is 14.7 Å². The lowest BCUT2D eigenvalue weighted by atomic mass is 10.1. The molecule has 2 rings (SSSR count). The minimum atomic E-state index is -0.913. The molecule has 0 aliphatic rings. The minimum absolute atomic E-state index is 0.214. The van der Waals surface area contributed by atoms with Gasteiger partial charge in [-0.2, -0.15) is 11.8 Å². The Morgan fingerprint density at radius 3 is 3.00 bits per heavy atom. The van der Waals surface area contributed by atoms with Crippen LogP contribution < -0.4 is 5.32 Å². The van der Waals surface area contributed by atoms with Crippen LogP contribution in [0, 0.1) is 6.92 Å². The van der Waals surface area contributed by atoms with E-state index in [1.165, 1.54) is 0 Å². The van der Waals surface area contributed by atoms with E-state index in [0.29, 0.717) is 17.1 Å². The number of nitrogens with zero attached hydrogens (tertiary/aromatic N) is 2. The summed E-state index contributed by atoms with van der Waals surface area (Å²) in [6.07, 6.45) is 3.73. The van der Waals surface area contributed by atoms with Crippen LogP contribution in [0.25, 0.3) is 5.65 Å². The molecule has 0 bridgehead atoms. The molecule has 1 unspecified atom stereocenters. The molecular weight excluding hydrogens is 274 g/mol. The maximum atomic E-state index is 12.3. The van der Waals surface area contributed by atoms with Gasteiger partial charge in [0.1, 0.15) is 11.3 Å². The van der Waals surface area contributed by atoms with Gasteiger partial charge in [-0.1, -0.05) is 6.07 Å². The van der Waals surface area contributed by atoms with E-state index in [-0.39, 0.29) is 12.5 Å². The van der Waals surface area contributed by atoms with Gasteiger partial charge >= 0.3 is 0 Å². The number of pyridine rings is 1. The highest BCUT2D eigenvalue weighted by Crippen LogP contribution is 2.13. The van der Waals surface area contributed by atoms with Gasteiger partial charge < -0.3 is 10.4 Å². The quantitative estimate of drug-likeness (QED) is 0.876. The van der Waals surface area contributed by atoms with Crippen molar-refractivity contribution in [1.29, 1.82) is 0 Å². The third-order valence-corrected chi connectivity index (χ3v) is 3.91. The van der Waals surface area contributed by atoms with E-state index in [2.05, 4.69) is 10.3 Å². The third kappa shape index (κ3) is 3.13. The number of thioether (sulfide) groups is 1. The second kappa shape index (κ2) is 5.85. The van der Waals surface area contributed by atoms with Crippen LogP contribution in [-0.2, 0) is 0 Å². The average Bonchev–Trinajstić information content (AvgIpc) is 2.72. The van der Waals surface area contributed by atoms with Crippen molar-refractivity contribution in [2.75, 3.05) is 18.6 Å². The summed E-state index contributed by atoms with van der Waals surface area (Å²) in [5.74, 6) is 0.349. The van der Waals surface area contributed by atoms with Gasteiger partial charge in [-0.05, 0) is 32.2 Å². The summed E-state index contributed by atoms with van der Waals surface area (Å²) in [6, 6.07) is 5.59. The first-order chi connectivity index (χ1) is 9.44. The SMILES string of the molecule is CSCC(C)(O)CNC(=O)c1c(C)nc2ccccn12. The zero-order valence-corrected chi connectivity index (χ0v) is 12.7. The smallest absolute Gasteiger partial charge is 0.270 e. The van der Waals surface area contributed by atoms with Crippen molar-refractivity contribution in [2.24, 2.45) is 0 Å². The molecule has 0 fully saturated rings. The number of imidazole rings is 1. The predicted molar refractivity (Wildman–Crippen MR) is 81.3 cm³/mol. The molecule has 2 N–H and O–H groups in total. The number of hydrogen-bond donors (Lipinski definition) is 2. The molecule has 6 heteroatoms. The van der Waals surface area contributed by atoms with Gasteiger partial charge in [0.15, 0.2) is 0 Å². The molecule has 5 nitrogen and oxygen atoms in total. The van der Waals surface area contributed by atoms with E-state index >= 15 is 0 Å². The Bertz CT molecular complexity index is 622. The number of carbonyl (C=O) groups is 1. The molecule has 20 heavy (non-hydrogen) atoms. The molecule has 108 valence electrons. The number of aliphatic hydroxyl groups is 1. The van der Waals surface area contributed by atoms with Gasteiger partial charge in [0.05, 0.1) is 11.3 Å². The summed E-state index contributed by atoms with van der Waals surface area (Å²) in [5.41, 5.74) is 1.02. The Balaban J connectivity index is 2.18. The van der Waals surface area contributed by atoms with Crippen molar-refractivity contribution in [2.45, 2.75) is 19.4 Å². The highest BCUT2D eigenvalue weighted by atomic mass is 32.2. The molecule has 0 aliphatic carbocycles. The Morgan fingerprint density at radius 2 is 2.30 bits per heavy atom. The minimum Gasteiger partial charge on any atom is -0.387 e. The molecule has 0 aliphatic heterocycles. The monoisotopic (exact) mass is 293 g/mol. The molecular formula is C14H19N3O2S. The van der Waals surface area contributed by atoms with Crippen molar-refractivity contribution in [3.63, 3.8) is 0 Å². The van der Waals surface area contributed by atoms with E-state index in [9.17, 15) is 9.90 Å². The molecule has 0 aromatic carbocycles. The number of rotatable bonds is 5. The van der Waals surface area contributed by atoms with Crippen LogP contribution in [0.2, 0.25) is 0 Å². The second-order valence-corrected chi connectivity index (χ2v) is 5.95. The standard InChI is InChI=1S/C14H19N3O2S/c1-10-12(17-7-5-4-6-11(17)16-10)13(18)15-8-14(2,19)9-20-3/h4-7,19H,8-9H2,1-3H3,(H,15,18). The third-order valence-electron chi connectivity index (χ3n) is 3.00. The number of aryl methyl sites for hydroxylation is 1. The van der Waals surface area contributed by atoms with Crippen LogP contribution in [-0.4, -0.2) is 44.6 Å². The highest BCUT2D eigenvalue weighted by Gasteiger charge is 2.23. The summed E-state index contributed by atoms with van der Waals surface area (Å²) >= 11 is 1.54. The first kappa shape index (κ1) is 14.9. The molecule has 1 atom stereocenters. The summed E-state index contributed by atoms with van der Waals surface area (Å²) in [6.45, 7) is 3.74. The number of nitrogens with one attached hydrogen (secondary N) is 1. The molecule has 0 radical (unpaired) electrons. The first-order valence-electron chi connectivity index (χ1n) is 6.38. The maximum Gasteiger partial charge on any atom is 0.270 e. The largest absolute Gasteiger partial charge is 0.387 e. The second-order valence-electron chi connectivity index (χ2n) is 5.09. The average molecular weight is 293 g/mol. The van der Waals surface area contributed by atoms with Gasteiger partial charge in [0, 0.05) is 18.5 Å². The fraction of sp³-hybridized carbons (Fsp3) is 0.429. The van der Waals surface area contributed by atoms with E-state index in [1.807, 2.05) is 37.6 Å². The number of hydrogen-bond acceptors (Lipinski definition) is 4. The molecule has 0 saturated carbocycles. The van der Waals surface area contributed by atoms with E-state index in [1.54, 1.807) is 23.1 Å². The fourth-order valence-electron chi connectivity index (χ4n) is 2.10. The Morgan fingerprint density at radius 1 is 1.55 bits per heavy atom. The van der Waals surface area contributed by atoms with Gasteiger partial charge in [-0.25, -0.2) is 4.98 Å². The summed E-state index contributed by atoms with van der Waals surface area (Å²) < 4.78 is 1.76. The molecule has 0 spiro atoms. The Hall–Kier alpha value is -1.53. The molecule has 1 amide bonds. The van der Waals surface area contributed by atoms with Gasteiger partial charge in [0.25, 0.3) is 5.91 Å². The van der Waals surface area contributed by atoms with E-state index in [4.69, 9.17) is 0 Å². The molecule has 0 saturated heterocycles. The van der Waals surface area contributed by atoms with Crippen LogP contribution in [0.3, 0.4) is 0 Å². The van der Waals surface area contributed by atoms with Crippen LogP contribution in [0.15, 0.2) is 24.4 Å². The molecule has 2 aromatic heterocycles. The van der Waals surface area contributed by atoms with Crippen LogP contribution >= 0.6 is 11.8 Å². The summed E-state index contributed by atoms with van der Waals surface area (Å²) in [4.78, 5) is 16.7. The van der Waals surface area contributed by atoms with Gasteiger partial charge in [-0.15, -0.1) is 0 Å². The summed E-state index contributed by atoms with van der Waals surface area (Å²) in [7, 11) is 0. The Kier molecular flexibility index (Phi) is 4.35. The number of carbonyl (C=O) groups excluding carboxylic acids is 1. The lowest BCUT2D eigenvalue weighted by Crippen LogP contribution is -2.42. The van der Waals surface area contributed by atoms with Gasteiger partial charge in [0.2, 0.25) is 0 Å². The van der Waals surface area contributed by atoms with E-state index in [0.717, 1.165) is 5.65 Å². The van der Waals surface area contributed by atoms with Crippen molar-refractivity contribution in [3.05, 3.63) is 35.8 Å². The van der Waals surface area contributed by atoms with Crippen molar-refractivity contribution in [3.8, 4) is 0 Å². The predicted octanol–water partition coefficient (Wildman–Crippen LogP) is 1.49.